The van der Waals surface area contributed by atoms with E-state index < -0.39 is 0 Å². The highest BCUT2D eigenvalue weighted by molar-refractivity contribution is 5.74. The summed E-state index contributed by atoms with van der Waals surface area (Å²) in [4.78, 5) is 16.6. The van der Waals surface area contributed by atoms with Gasteiger partial charge in [-0.15, -0.1) is 0 Å². The summed E-state index contributed by atoms with van der Waals surface area (Å²) in [5.74, 6) is 1.14. The Balaban J connectivity index is 1.38. The molecule has 0 bridgehead atoms. The molecule has 1 aliphatic rings. The Bertz CT molecular complexity index is 747. The first-order valence-electron chi connectivity index (χ1n) is 9.54. The van der Waals surface area contributed by atoms with Gasteiger partial charge in [-0.25, -0.2) is 4.79 Å². The minimum atomic E-state index is -0.0384. The Morgan fingerprint density at radius 2 is 1.96 bits per heavy atom. The quantitative estimate of drug-likeness (QED) is 0.849. The summed E-state index contributed by atoms with van der Waals surface area (Å²) in [6.45, 7) is 8.65. The molecular weight excluding hydrogens is 340 g/mol. The lowest BCUT2D eigenvalue weighted by molar-refractivity contribution is 0.146. The zero-order valence-corrected chi connectivity index (χ0v) is 16.1. The Kier molecular flexibility index (Phi) is 6.65. The highest BCUT2D eigenvalue weighted by Crippen LogP contribution is 2.15. The van der Waals surface area contributed by atoms with Crippen LogP contribution in [0.4, 0.5) is 4.79 Å². The minimum absolute atomic E-state index is 0.0384. The Morgan fingerprint density at radius 3 is 2.63 bits per heavy atom. The summed E-state index contributed by atoms with van der Waals surface area (Å²) in [6, 6.07) is 12.2. The molecule has 2 aromatic rings. The summed E-state index contributed by atoms with van der Waals surface area (Å²) < 4.78 is 5.26. The van der Waals surface area contributed by atoms with E-state index in [1.165, 1.54) is 5.56 Å². The molecule has 27 heavy (non-hydrogen) atoms. The van der Waals surface area contributed by atoms with Crippen molar-refractivity contribution in [1.29, 1.82) is 0 Å². The van der Waals surface area contributed by atoms with E-state index in [-0.39, 0.29) is 6.03 Å². The third kappa shape index (κ3) is 5.69. The lowest BCUT2D eigenvalue weighted by Gasteiger charge is -2.34. The highest BCUT2D eigenvalue weighted by atomic mass is 16.5. The van der Waals surface area contributed by atoms with Crippen LogP contribution in [-0.4, -0.2) is 53.7 Å². The van der Waals surface area contributed by atoms with E-state index >= 15 is 0 Å². The Morgan fingerprint density at radius 1 is 1.22 bits per heavy atom. The number of benzene rings is 1. The molecule has 0 saturated carbocycles. The zero-order chi connectivity index (χ0) is 19.1. The average molecular weight is 368 g/mol. The molecule has 0 unspecified atom stereocenters. The van der Waals surface area contributed by atoms with Crippen molar-refractivity contribution in [2.75, 3.05) is 32.7 Å². The first kappa shape index (κ1) is 19.2. The molecule has 1 N–H and O–H groups in total. The Hall–Kier alpha value is -2.60. The van der Waals surface area contributed by atoms with Crippen molar-refractivity contribution < 1.29 is 9.32 Å². The molecule has 2 amide bonds. The van der Waals surface area contributed by atoms with Gasteiger partial charge in [0.1, 0.15) is 11.5 Å². The van der Waals surface area contributed by atoms with Gasteiger partial charge in [0.25, 0.3) is 0 Å². The van der Waals surface area contributed by atoms with Crippen LogP contribution in [0.15, 0.2) is 47.0 Å². The predicted octanol–water partition coefficient (Wildman–Crippen LogP) is 3.34. The van der Waals surface area contributed by atoms with E-state index in [0.717, 1.165) is 44.2 Å². The fourth-order valence-corrected chi connectivity index (χ4v) is 3.00. The van der Waals surface area contributed by atoms with Crippen LogP contribution >= 0.6 is 0 Å². The molecule has 6 nitrogen and oxygen atoms in total. The molecule has 6 heteroatoms. The number of piperazine rings is 1. The van der Waals surface area contributed by atoms with Gasteiger partial charge in [-0.3, -0.25) is 4.90 Å². The third-order valence-corrected chi connectivity index (χ3v) is 4.70. The van der Waals surface area contributed by atoms with Crippen LogP contribution in [0.2, 0.25) is 0 Å². The van der Waals surface area contributed by atoms with Crippen molar-refractivity contribution >= 4 is 12.1 Å². The van der Waals surface area contributed by atoms with Gasteiger partial charge in [0.05, 0.1) is 6.54 Å². The smallest absolute Gasteiger partial charge is 0.317 e. The van der Waals surface area contributed by atoms with Crippen LogP contribution < -0.4 is 5.32 Å². The molecule has 0 atom stereocenters. The van der Waals surface area contributed by atoms with Gasteiger partial charge in [-0.05, 0) is 5.56 Å². The van der Waals surface area contributed by atoms with Gasteiger partial charge in [-0.2, -0.15) is 0 Å². The SMILES string of the molecule is CC(C)c1cc(CNC(=O)N2CCN(C/C=C/c3ccccc3)CC2)no1. The van der Waals surface area contributed by atoms with E-state index in [1.54, 1.807) is 0 Å². The van der Waals surface area contributed by atoms with Gasteiger partial charge in [0, 0.05) is 44.7 Å². The van der Waals surface area contributed by atoms with Crippen LogP contribution in [0.3, 0.4) is 0 Å². The second-order valence-corrected chi connectivity index (χ2v) is 7.13. The van der Waals surface area contributed by atoms with E-state index in [9.17, 15) is 4.79 Å². The number of amides is 2. The van der Waals surface area contributed by atoms with E-state index in [1.807, 2.05) is 29.2 Å². The molecule has 144 valence electrons. The first-order valence-corrected chi connectivity index (χ1v) is 9.54. The molecule has 1 saturated heterocycles. The number of urea groups is 1. The van der Waals surface area contributed by atoms with Gasteiger partial charge >= 0.3 is 6.03 Å². The number of aromatic nitrogens is 1. The molecule has 0 radical (unpaired) electrons. The summed E-state index contributed by atoms with van der Waals surface area (Å²) in [6.07, 6.45) is 4.32. The maximum Gasteiger partial charge on any atom is 0.317 e. The fraction of sp³-hybridized carbons (Fsp3) is 0.429. The van der Waals surface area contributed by atoms with E-state index in [4.69, 9.17) is 4.52 Å². The van der Waals surface area contributed by atoms with Gasteiger partial charge in [-0.1, -0.05) is 61.5 Å². The Labute approximate surface area is 160 Å². The largest absolute Gasteiger partial charge is 0.361 e. The number of hydrogen-bond acceptors (Lipinski definition) is 4. The number of nitrogens with zero attached hydrogens (tertiary/aromatic N) is 3. The van der Waals surface area contributed by atoms with Crippen molar-refractivity contribution in [3.63, 3.8) is 0 Å². The fourth-order valence-electron chi connectivity index (χ4n) is 3.00. The van der Waals surface area contributed by atoms with Crippen LogP contribution in [0.1, 0.15) is 36.8 Å². The average Bonchev–Trinajstić information content (AvgIpc) is 3.17. The number of carbonyl (C=O) groups is 1. The molecular formula is C21H28N4O2. The maximum absolute atomic E-state index is 12.3. The molecule has 2 heterocycles. The van der Waals surface area contributed by atoms with Crippen molar-refractivity contribution in [3.8, 4) is 0 Å². The monoisotopic (exact) mass is 368 g/mol. The maximum atomic E-state index is 12.3. The van der Waals surface area contributed by atoms with E-state index in [0.29, 0.717) is 12.5 Å². The topological polar surface area (TPSA) is 61.6 Å². The van der Waals surface area contributed by atoms with Crippen molar-refractivity contribution in [2.24, 2.45) is 0 Å². The lowest BCUT2D eigenvalue weighted by Crippen LogP contribution is -2.51. The minimum Gasteiger partial charge on any atom is -0.361 e. The third-order valence-electron chi connectivity index (χ3n) is 4.70. The van der Waals surface area contributed by atoms with E-state index in [2.05, 4.69) is 53.5 Å². The molecule has 1 fully saturated rings. The highest BCUT2D eigenvalue weighted by Gasteiger charge is 2.20. The standard InChI is InChI=1S/C21H28N4O2/c1-17(2)20-15-19(23-27-20)16-22-21(26)25-13-11-24(12-14-25)10-6-9-18-7-4-3-5-8-18/h3-9,15,17H,10-14,16H2,1-2H3,(H,22,26)/b9-6+. The van der Waals surface area contributed by atoms with Crippen molar-refractivity contribution in [2.45, 2.75) is 26.3 Å². The molecule has 1 aromatic carbocycles. The summed E-state index contributed by atoms with van der Waals surface area (Å²) >= 11 is 0. The normalized spacial score (nSPS) is 15.6. The van der Waals surface area contributed by atoms with Crippen LogP contribution in [0.25, 0.3) is 6.08 Å². The number of carbonyl (C=O) groups excluding carboxylic acids is 1. The van der Waals surface area contributed by atoms with Crippen LogP contribution in [-0.2, 0) is 6.54 Å². The summed E-state index contributed by atoms with van der Waals surface area (Å²) in [7, 11) is 0. The number of rotatable bonds is 6. The number of hydrogen-bond donors (Lipinski definition) is 1. The summed E-state index contributed by atoms with van der Waals surface area (Å²) in [5.41, 5.74) is 1.97. The summed E-state index contributed by atoms with van der Waals surface area (Å²) in [5, 5.41) is 6.93. The second-order valence-electron chi connectivity index (χ2n) is 7.13. The predicted molar refractivity (Wildman–Crippen MR) is 106 cm³/mol. The molecule has 0 aliphatic carbocycles. The number of nitrogens with one attached hydrogen (secondary N) is 1. The molecule has 1 aromatic heterocycles. The van der Waals surface area contributed by atoms with Gasteiger partial charge in [0.2, 0.25) is 0 Å². The molecule has 3 rings (SSSR count). The van der Waals surface area contributed by atoms with Crippen molar-refractivity contribution in [1.82, 2.24) is 20.3 Å². The van der Waals surface area contributed by atoms with Crippen molar-refractivity contribution in [3.05, 3.63) is 59.5 Å². The molecule has 0 spiro atoms. The lowest BCUT2D eigenvalue weighted by atomic mass is 10.1. The van der Waals surface area contributed by atoms with Gasteiger partial charge in [0.15, 0.2) is 0 Å². The molecule has 1 aliphatic heterocycles. The zero-order valence-electron chi connectivity index (χ0n) is 16.1. The second kappa shape index (κ2) is 9.37. The van der Waals surface area contributed by atoms with Crippen LogP contribution in [0, 0.1) is 0 Å². The van der Waals surface area contributed by atoms with Gasteiger partial charge < -0.3 is 14.7 Å². The van der Waals surface area contributed by atoms with Crippen LogP contribution in [0.5, 0.6) is 0 Å². The first-order chi connectivity index (χ1) is 13.1.